The van der Waals surface area contributed by atoms with Gasteiger partial charge >= 0.3 is 0 Å². The smallest absolute Gasteiger partial charge is 0.220 e. The van der Waals surface area contributed by atoms with Crippen LogP contribution in [0, 0.1) is 0 Å². The molecule has 0 aromatic rings. The maximum Gasteiger partial charge on any atom is 0.220 e. The van der Waals surface area contributed by atoms with Gasteiger partial charge in [-0.15, -0.1) is 0 Å². The Bertz CT molecular complexity index is 179. The molecule has 0 saturated heterocycles. The summed E-state index contributed by atoms with van der Waals surface area (Å²) in [4.78, 5) is 23.3. The minimum absolute atomic E-state index is 0.0575. The zero-order valence-corrected chi connectivity index (χ0v) is 9.71. The maximum absolute atomic E-state index is 11.1. The van der Waals surface area contributed by atoms with Crippen molar-refractivity contribution in [3.63, 3.8) is 0 Å². The first kappa shape index (κ1) is 14.1. The number of hydrogen-bond acceptors (Lipinski definition) is 3. The Morgan fingerprint density at radius 3 is 2.53 bits per heavy atom. The second-order valence-corrected chi connectivity index (χ2v) is 3.37. The molecule has 0 aliphatic rings. The number of rotatable bonds is 9. The van der Waals surface area contributed by atoms with Crippen LogP contribution in [0.3, 0.4) is 0 Å². The zero-order valence-electron chi connectivity index (χ0n) is 9.71. The molecule has 4 nitrogen and oxygen atoms in total. The molecule has 1 N–H and O–H groups in total. The Hall–Kier alpha value is -0.900. The summed E-state index contributed by atoms with van der Waals surface area (Å²) in [5.74, 6) is -0.0575. The highest BCUT2D eigenvalue weighted by Gasteiger charge is 2.01. The van der Waals surface area contributed by atoms with Crippen molar-refractivity contribution >= 4 is 12.2 Å². The van der Waals surface area contributed by atoms with Crippen molar-refractivity contribution in [2.75, 3.05) is 26.2 Å². The van der Waals surface area contributed by atoms with Crippen LogP contribution in [-0.2, 0) is 9.59 Å². The monoisotopic (exact) mass is 213 g/mol. The molecular weight excluding hydrogens is 192 g/mol. The minimum Gasteiger partial charge on any atom is -0.356 e. The number of nitrogens with zero attached hydrogens (tertiary/aromatic N) is 1. The summed E-state index contributed by atoms with van der Waals surface area (Å²) in [5.41, 5.74) is 0. The highest BCUT2D eigenvalue weighted by Crippen LogP contribution is 1.90. The van der Waals surface area contributed by atoms with E-state index >= 15 is 0 Å². The van der Waals surface area contributed by atoms with Crippen LogP contribution in [-0.4, -0.2) is 43.3 Å². The fourth-order valence-electron chi connectivity index (χ4n) is 1.32. The first-order valence-electron chi connectivity index (χ1n) is 5.58. The summed E-state index contributed by atoms with van der Waals surface area (Å²) >= 11 is 0. The zero-order chi connectivity index (χ0) is 11.5. The van der Waals surface area contributed by atoms with Gasteiger partial charge < -0.3 is 10.2 Å². The van der Waals surface area contributed by atoms with Gasteiger partial charge in [0, 0.05) is 19.4 Å². The van der Waals surface area contributed by atoms with Crippen molar-refractivity contribution in [2.24, 2.45) is 0 Å². The van der Waals surface area contributed by atoms with E-state index in [-0.39, 0.29) is 18.7 Å². The molecule has 0 aromatic carbocycles. The molecule has 4 heteroatoms. The lowest BCUT2D eigenvalue weighted by atomic mass is 10.3. The van der Waals surface area contributed by atoms with E-state index in [0.717, 1.165) is 26.1 Å². The van der Waals surface area contributed by atoms with Crippen LogP contribution < -0.4 is 5.32 Å². The maximum atomic E-state index is 11.1. The molecule has 0 fully saturated rings. The van der Waals surface area contributed by atoms with Gasteiger partial charge in [0.15, 0.2) is 6.29 Å². The Morgan fingerprint density at radius 1 is 1.33 bits per heavy atom. The van der Waals surface area contributed by atoms with Crippen LogP contribution >= 0.6 is 0 Å². The van der Waals surface area contributed by atoms with Crippen molar-refractivity contribution in [1.29, 1.82) is 0 Å². The first-order chi connectivity index (χ1) is 7.24. The third-order valence-corrected chi connectivity index (χ3v) is 2.32. The molecule has 0 aliphatic heterocycles. The van der Waals surface area contributed by atoms with E-state index in [9.17, 15) is 9.59 Å². The van der Waals surface area contributed by atoms with Crippen LogP contribution in [0.2, 0.25) is 0 Å². The summed E-state index contributed by atoms with van der Waals surface area (Å²) in [6.07, 6.45) is 3.12. The van der Waals surface area contributed by atoms with Crippen molar-refractivity contribution in [3.05, 3.63) is 0 Å². The highest BCUT2D eigenvalue weighted by molar-refractivity contribution is 5.78. The molecule has 0 aliphatic carbocycles. The fraction of sp³-hybridized carbons (Fsp3) is 0.818. The average molecular weight is 213 g/mol. The number of carbonyl (C=O) groups is 1. The summed E-state index contributed by atoms with van der Waals surface area (Å²) < 4.78 is 0. The SMILES string of the molecule is CCN(CC)CCCNC(=O)CC[C]=O. The fourth-order valence-corrected chi connectivity index (χ4v) is 1.32. The minimum atomic E-state index is -0.0575. The summed E-state index contributed by atoms with van der Waals surface area (Å²) in [6, 6.07) is 0. The quantitative estimate of drug-likeness (QED) is 0.574. The molecule has 0 spiro atoms. The Labute approximate surface area is 92.0 Å². The molecule has 15 heavy (non-hydrogen) atoms. The van der Waals surface area contributed by atoms with E-state index in [1.165, 1.54) is 0 Å². The lowest BCUT2D eigenvalue weighted by molar-refractivity contribution is -0.120. The Kier molecular flexibility index (Phi) is 9.07. The van der Waals surface area contributed by atoms with Gasteiger partial charge in [-0.3, -0.25) is 9.59 Å². The van der Waals surface area contributed by atoms with Crippen molar-refractivity contribution in [2.45, 2.75) is 33.1 Å². The molecule has 0 bridgehead atoms. The van der Waals surface area contributed by atoms with Gasteiger partial charge in [0.05, 0.1) is 0 Å². The molecule has 0 aromatic heterocycles. The Balaban J connectivity index is 3.36. The lowest BCUT2D eigenvalue weighted by Crippen LogP contribution is -2.29. The number of carbonyl (C=O) groups excluding carboxylic acids is 2. The van der Waals surface area contributed by atoms with E-state index in [1.807, 2.05) is 0 Å². The van der Waals surface area contributed by atoms with Gasteiger partial charge in [-0.05, 0) is 26.1 Å². The van der Waals surface area contributed by atoms with Crippen LogP contribution in [0.25, 0.3) is 0 Å². The van der Waals surface area contributed by atoms with Crippen LogP contribution in [0.4, 0.5) is 0 Å². The largest absolute Gasteiger partial charge is 0.356 e. The van der Waals surface area contributed by atoms with Gasteiger partial charge in [0.25, 0.3) is 0 Å². The van der Waals surface area contributed by atoms with Crippen LogP contribution in [0.15, 0.2) is 0 Å². The summed E-state index contributed by atoms with van der Waals surface area (Å²) in [6.45, 7) is 8.04. The van der Waals surface area contributed by atoms with Gasteiger partial charge in [-0.1, -0.05) is 13.8 Å². The van der Waals surface area contributed by atoms with Crippen LogP contribution in [0.1, 0.15) is 33.1 Å². The molecule has 1 amide bonds. The molecule has 0 atom stereocenters. The molecule has 0 heterocycles. The molecule has 1 radical (unpaired) electrons. The highest BCUT2D eigenvalue weighted by atomic mass is 16.1. The normalized spacial score (nSPS) is 10.3. The lowest BCUT2D eigenvalue weighted by Gasteiger charge is -2.17. The molecular formula is C11H21N2O2. The van der Waals surface area contributed by atoms with Gasteiger partial charge in [-0.2, -0.15) is 0 Å². The van der Waals surface area contributed by atoms with E-state index < -0.39 is 0 Å². The predicted molar refractivity (Wildman–Crippen MR) is 60.3 cm³/mol. The van der Waals surface area contributed by atoms with Crippen LogP contribution in [0.5, 0.6) is 0 Å². The van der Waals surface area contributed by atoms with Gasteiger partial charge in [-0.25, -0.2) is 0 Å². The molecule has 0 saturated carbocycles. The van der Waals surface area contributed by atoms with E-state index in [0.29, 0.717) is 6.54 Å². The number of hydrogen-bond donors (Lipinski definition) is 1. The first-order valence-corrected chi connectivity index (χ1v) is 5.58. The topological polar surface area (TPSA) is 49.4 Å². The Morgan fingerprint density at radius 2 is 2.00 bits per heavy atom. The third kappa shape index (κ3) is 8.12. The molecule has 0 rings (SSSR count). The van der Waals surface area contributed by atoms with E-state index in [4.69, 9.17) is 0 Å². The average Bonchev–Trinajstić information content (AvgIpc) is 2.26. The summed E-state index contributed by atoms with van der Waals surface area (Å²) in [7, 11) is 0. The van der Waals surface area contributed by atoms with E-state index in [1.54, 1.807) is 6.29 Å². The second-order valence-electron chi connectivity index (χ2n) is 3.37. The van der Waals surface area contributed by atoms with Crippen molar-refractivity contribution < 1.29 is 9.59 Å². The molecule has 87 valence electrons. The number of nitrogens with one attached hydrogen (secondary N) is 1. The number of amides is 1. The van der Waals surface area contributed by atoms with Crippen molar-refractivity contribution in [1.82, 2.24) is 10.2 Å². The second kappa shape index (κ2) is 9.65. The summed E-state index contributed by atoms with van der Waals surface area (Å²) in [5, 5.41) is 2.78. The van der Waals surface area contributed by atoms with E-state index in [2.05, 4.69) is 24.1 Å². The third-order valence-electron chi connectivity index (χ3n) is 2.32. The molecule has 0 unspecified atom stereocenters. The standard InChI is InChI=1S/C11H21N2O2/c1-3-13(4-2)9-6-8-12-11(15)7-5-10-14/h3-9H2,1-2H3,(H,12,15). The predicted octanol–water partition coefficient (Wildman–Crippen LogP) is 0.724. The van der Waals surface area contributed by atoms with Crippen molar-refractivity contribution in [3.8, 4) is 0 Å². The van der Waals surface area contributed by atoms with Gasteiger partial charge in [0.2, 0.25) is 5.91 Å². The van der Waals surface area contributed by atoms with Gasteiger partial charge in [0.1, 0.15) is 0 Å².